The van der Waals surface area contributed by atoms with Crippen molar-refractivity contribution in [3.63, 3.8) is 0 Å². The Morgan fingerprint density at radius 2 is 1.57 bits per heavy atom. The molecule has 0 spiro atoms. The highest BCUT2D eigenvalue weighted by atomic mass is 32.1. The van der Waals surface area contributed by atoms with Crippen molar-refractivity contribution in [2.75, 3.05) is 25.0 Å². The lowest BCUT2D eigenvalue weighted by molar-refractivity contribution is -0.144. The van der Waals surface area contributed by atoms with Gasteiger partial charge in [-0.25, -0.2) is 14.5 Å². The molecule has 2 aliphatic rings. The number of carbonyl (C=O) groups is 5. The van der Waals surface area contributed by atoms with Gasteiger partial charge in [-0.15, -0.1) is 11.3 Å². The van der Waals surface area contributed by atoms with Gasteiger partial charge in [0.2, 0.25) is 17.7 Å². The maximum Gasteiger partial charge on any atom is 0.469 e. The quantitative estimate of drug-likeness (QED) is 0.0227. The molecule has 0 bridgehead atoms. The molecule has 20 heteroatoms. The number of aromatic nitrogens is 3. The molecule has 0 unspecified atom stereocenters. The Morgan fingerprint density at radius 1 is 0.892 bits per heavy atom. The molecule has 5 amide bonds. The van der Waals surface area contributed by atoms with Crippen LogP contribution >= 0.6 is 19.2 Å². The number of anilines is 1. The fourth-order valence-electron chi connectivity index (χ4n) is 9.65. The van der Waals surface area contributed by atoms with Crippen LogP contribution < -0.4 is 21.3 Å². The maximum atomic E-state index is 14.2. The third-order valence-electron chi connectivity index (χ3n) is 13.8. The van der Waals surface area contributed by atoms with Crippen LogP contribution in [0.3, 0.4) is 0 Å². The van der Waals surface area contributed by atoms with E-state index in [0.717, 1.165) is 96.6 Å². The number of nitrogens with zero attached hydrogens (tertiary/aromatic N) is 4. The van der Waals surface area contributed by atoms with E-state index in [9.17, 15) is 38.3 Å². The summed E-state index contributed by atoms with van der Waals surface area (Å²) in [5.41, 5.74) is 7.10. The first-order chi connectivity index (χ1) is 35.3. The molecule has 3 aromatic carbocycles. The first-order valence-corrected chi connectivity index (χ1v) is 28.3. The Kier molecular flexibility index (Phi) is 19.4. The van der Waals surface area contributed by atoms with Crippen molar-refractivity contribution in [3.05, 3.63) is 100 Å². The third-order valence-corrected chi connectivity index (χ3v) is 15.4. The number of benzene rings is 3. The molecule has 2 fully saturated rings. The highest BCUT2D eigenvalue weighted by molar-refractivity contribution is 7.46. The minimum atomic E-state index is -4.93. The van der Waals surface area contributed by atoms with Gasteiger partial charge in [-0.3, -0.25) is 33.4 Å². The number of amides is 5. The topological polar surface area (TPSA) is 248 Å². The monoisotopic (exact) mass is 1050 g/mol. The second-order valence-corrected chi connectivity index (χ2v) is 22.8. The first-order valence-electron chi connectivity index (χ1n) is 25.8. The number of thiazole rings is 1. The van der Waals surface area contributed by atoms with Crippen molar-refractivity contribution in [3.8, 4) is 10.4 Å². The molecule has 7 N–H and O–H groups in total. The fourth-order valence-corrected chi connectivity index (χ4v) is 11.0. The van der Waals surface area contributed by atoms with Gasteiger partial charge in [0.25, 0.3) is 11.8 Å². The number of fused-ring (bicyclic) bond motifs is 1. The van der Waals surface area contributed by atoms with E-state index in [1.165, 1.54) is 17.7 Å². The molecule has 0 saturated carbocycles. The van der Waals surface area contributed by atoms with Crippen LogP contribution in [0, 0.1) is 12.3 Å². The summed E-state index contributed by atoms with van der Waals surface area (Å²) in [5, 5.41) is 11.7. The molecule has 74 heavy (non-hydrogen) atoms. The lowest BCUT2D eigenvalue weighted by Crippen LogP contribution is -2.57. The Bertz CT molecular complexity index is 2770. The Hall–Kier alpha value is -5.82. The van der Waals surface area contributed by atoms with Gasteiger partial charge in [-0.05, 0) is 105 Å². The largest absolute Gasteiger partial charge is 0.469 e. The second kappa shape index (κ2) is 25.6. The molecule has 2 aromatic heterocycles. The molecule has 398 valence electrons. The van der Waals surface area contributed by atoms with Gasteiger partial charge in [-0.1, -0.05) is 83.6 Å². The van der Waals surface area contributed by atoms with Gasteiger partial charge in [0.1, 0.15) is 17.9 Å². The molecule has 18 nitrogen and oxygen atoms in total. The second-order valence-electron chi connectivity index (χ2n) is 20.8. The van der Waals surface area contributed by atoms with Crippen molar-refractivity contribution >= 4 is 65.4 Å². The lowest BCUT2D eigenvalue weighted by Gasteiger charge is -2.35. The molecule has 4 heterocycles. The number of aryl methyl sites for hydroxylation is 1. The predicted octanol–water partition coefficient (Wildman–Crippen LogP) is 8.40. The number of unbranched alkanes of at least 4 members (excludes halogenated alkanes) is 7. The van der Waals surface area contributed by atoms with Crippen molar-refractivity contribution in [1.82, 2.24) is 40.7 Å². The van der Waals surface area contributed by atoms with Gasteiger partial charge in [0, 0.05) is 55.3 Å². The third kappa shape index (κ3) is 15.9. The summed E-state index contributed by atoms with van der Waals surface area (Å²) in [6.45, 7) is 11.9. The van der Waals surface area contributed by atoms with Crippen LogP contribution in [-0.2, 0) is 36.6 Å². The molecular weight excluding hydrogens is 982 g/mol. The molecule has 2 aliphatic heterocycles. The normalized spacial score (nSPS) is 17.6. The van der Waals surface area contributed by atoms with Crippen LogP contribution in [0.2, 0.25) is 0 Å². The van der Waals surface area contributed by atoms with E-state index in [1.54, 1.807) is 41.1 Å². The van der Waals surface area contributed by atoms with Crippen LogP contribution in [0.4, 0.5) is 5.69 Å². The van der Waals surface area contributed by atoms with E-state index < -0.39 is 43.2 Å². The zero-order valence-electron chi connectivity index (χ0n) is 43.2. The number of aromatic amines is 1. The number of phosphoric acid groups is 1. The molecular formula is C54H72N9O9PS. The van der Waals surface area contributed by atoms with Crippen LogP contribution in [0.15, 0.2) is 72.2 Å². The van der Waals surface area contributed by atoms with Crippen molar-refractivity contribution in [1.29, 1.82) is 0 Å². The van der Waals surface area contributed by atoms with Crippen molar-refractivity contribution in [2.45, 2.75) is 149 Å². The summed E-state index contributed by atoms with van der Waals surface area (Å²) < 4.78 is 16.8. The SMILES string of the molecule is Cc1ncsc1-c1ccc(CNC(=O)[C@@H]2C[C@@H](OP(=O)(O)O)CN2C(=O)[C@@H](NC(=O)CCCCCCCCCCNC(=O)c2ccc(C(=O)Nc3ccc4nc(CN5CCC[C@@H]5C)[nH]c4c3)cc2)C(C)(C)C)cc1. The summed E-state index contributed by atoms with van der Waals surface area (Å²) in [6, 6.07) is 18.4. The standard InChI is InChI=1S/C54H72N9O9PS/c1-35-15-14-28-62(35)33-46-59-43-26-25-41(29-44(43)60-46)58-51(66)40-23-21-39(22-24-40)50(65)55-27-13-11-9-7-6-8-10-12-16-47(64)61-49(54(3,4)5)53(68)63-32-42(72-73(69,70)71)30-45(63)52(67)56-31-37-17-19-38(20-18-37)48-36(2)57-34-74-48/h17-26,29,34-35,42,45,49H,6-16,27-28,30-33H2,1-5H3,(H,55,65)(H,56,67)(H,58,66)(H,59,60)(H,61,64)(H2,69,70,71)/t35-,42+,45-,49+/m0/s1. The zero-order valence-corrected chi connectivity index (χ0v) is 44.9. The van der Waals surface area contributed by atoms with E-state index in [0.29, 0.717) is 35.8 Å². The summed E-state index contributed by atoms with van der Waals surface area (Å²) in [4.78, 5) is 103. The van der Waals surface area contributed by atoms with E-state index in [-0.39, 0.29) is 43.7 Å². The minimum Gasteiger partial charge on any atom is -0.352 e. The molecule has 2 saturated heterocycles. The lowest BCUT2D eigenvalue weighted by atomic mass is 9.85. The fraction of sp³-hybridized carbons (Fsp3) is 0.500. The summed E-state index contributed by atoms with van der Waals surface area (Å²) >= 11 is 1.54. The Labute approximate surface area is 437 Å². The van der Waals surface area contributed by atoms with Gasteiger partial charge in [0.05, 0.1) is 39.8 Å². The minimum absolute atomic E-state index is 0.126. The van der Waals surface area contributed by atoms with Crippen LogP contribution in [0.1, 0.15) is 143 Å². The smallest absolute Gasteiger partial charge is 0.352 e. The van der Waals surface area contributed by atoms with E-state index >= 15 is 0 Å². The molecule has 5 aromatic rings. The van der Waals surface area contributed by atoms with E-state index in [4.69, 9.17) is 9.51 Å². The van der Waals surface area contributed by atoms with Crippen LogP contribution in [-0.4, -0.2) is 108 Å². The number of imidazole rings is 1. The van der Waals surface area contributed by atoms with Crippen molar-refractivity contribution in [2.24, 2.45) is 5.41 Å². The first kappa shape index (κ1) is 55.9. The number of rotatable bonds is 24. The number of carbonyl (C=O) groups excluding carboxylic acids is 5. The number of hydrogen-bond donors (Lipinski definition) is 7. The maximum absolute atomic E-state index is 14.2. The van der Waals surface area contributed by atoms with Crippen LogP contribution in [0.25, 0.3) is 21.5 Å². The molecule has 7 rings (SSSR count). The number of nitrogens with one attached hydrogen (secondary N) is 5. The Balaban J connectivity index is 0.768. The summed E-state index contributed by atoms with van der Waals surface area (Å²) in [7, 11) is -4.93. The number of likely N-dealkylation sites (tertiary alicyclic amines) is 2. The highest BCUT2D eigenvalue weighted by Gasteiger charge is 2.46. The average molecular weight is 1050 g/mol. The van der Waals surface area contributed by atoms with Gasteiger partial charge < -0.3 is 40.9 Å². The number of hydrogen-bond acceptors (Lipinski definition) is 11. The summed E-state index contributed by atoms with van der Waals surface area (Å²) in [6.07, 6.45) is 8.65. The van der Waals surface area contributed by atoms with Gasteiger partial charge in [0.15, 0.2) is 0 Å². The highest BCUT2D eigenvalue weighted by Crippen LogP contribution is 2.41. The number of H-pyrrole nitrogens is 1. The average Bonchev–Trinajstić information content (AvgIpc) is 4.18. The summed E-state index contributed by atoms with van der Waals surface area (Å²) in [5.74, 6) is -0.863. The molecule has 0 aliphatic carbocycles. The molecule has 0 radical (unpaired) electrons. The van der Waals surface area contributed by atoms with Crippen molar-refractivity contribution < 1.29 is 42.8 Å². The van der Waals surface area contributed by atoms with E-state index in [2.05, 4.69) is 43.1 Å². The van der Waals surface area contributed by atoms with Crippen LogP contribution in [0.5, 0.6) is 0 Å². The Morgan fingerprint density at radius 3 is 2.20 bits per heavy atom. The van der Waals surface area contributed by atoms with Gasteiger partial charge in [-0.2, -0.15) is 0 Å². The van der Waals surface area contributed by atoms with Gasteiger partial charge >= 0.3 is 7.82 Å². The predicted molar refractivity (Wildman–Crippen MR) is 286 cm³/mol. The number of phosphoric ester groups is 1. The molecule has 4 atom stereocenters. The zero-order chi connectivity index (χ0) is 53.0. The van der Waals surface area contributed by atoms with E-state index in [1.807, 2.05) is 70.2 Å².